The zero-order valence-corrected chi connectivity index (χ0v) is 10.5. The number of alkyl halides is 3. The van der Waals surface area contributed by atoms with Crippen LogP contribution in [0.2, 0.25) is 0 Å². The largest absolute Gasteiger partial charge is 0.398 e. The van der Waals surface area contributed by atoms with Gasteiger partial charge in [-0.2, -0.15) is 13.2 Å². The molecule has 102 valence electrons. The Morgan fingerprint density at radius 1 is 1.16 bits per heavy atom. The van der Waals surface area contributed by atoms with Crippen LogP contribution in [0.1, 0.15) is 17.9 Å². The molecule has 0 aliphatic heterocycles. The summed E-state index contributed by atoms with van der Waals surface area (Å²) in [5.41, 5.74) is -1.15. The van der Waals surface area contributed by atoms with Gasteiger partial charge in [0.15, 0.2) is 0 Å². The SMILES string of the molecule is COC1(C(c2ccccc2)C(F)(F)F)C=CC=CC1. The average molecular weight is 268 g/mol. The molecule has 0 bridgehead atoms. The van der Waals surface area contributed by atoms with Crippen molar-refractivity contribution in [3.63, 3.8) is 0 Å². The first kappa shape index (κ1) is 13.9. The third kappa shape index (κ3) is 2.73. The highest BCUT2D eigenvalue weighted by Crippen LogP contribution is 2.47. The van der Waals surface area contributed by atoms with E-state index in [4.69, 9.17) is 4.74 Å². The van der Waals surface area contributed by atoms with Gasteiger partial charge in [-0.05, 0) is 12.0 Å². The minimum atomic E-state index is -4.37. The first-order valence-electron chi connectivity index (χ1n) is 6.01. The molecular formula is C15H15F3O. The molecule has 0 N–H and O–H groups in total. The minimum absolute atomic E-state index is 0.207. The van der Waals surface area contributed by atoms with E-state index in [1.807, 2.05) is 0 Å². The molecule has 0 spiro atoms. The molecule has 0 aromatic heterocycles. The molecule has 0 fully saturated rings. The Morgan fingerprint density at radius 3 is 2.32 bits per heavy atom. The average Bonchev–Trinajstić information content (AvgIpc) is 2.39. The van der Waals surface area contributed by atoms with E-state index in [0.717, 1.165) is 0 Å². The van der Waals surface area contributed by atoms with Gasteiger partial charge >= 0.3 is 6.18 Å². The van der Waals surface area contributed by atoms with Gasteiger partial charge < -0.3 is 4.74 Å². The Hall–Kier alpha value is -1.55. The van der Waals surface area contributed by atoms with Crippen molar-refractivity contribution in [2.75, 3.05) is 7.11 Å². The van der Waals surface area contributed by atoms with E-state index >= 15 is 0 Å². The van der Waals surface area contributed by atoms with Crippen LogP contribution in [0, 0.1) is 0 Å². The summed E-state index contributed by atoms with van der Waals surface area (Å²) in [6.45, 7) is 0. The highest BCUT2D eigenvalue weighted by atomic mass is 19.4. The van der Waals surface area contributed by atoms with Crippen LogP contribution < -0.4 is 0 Å². The second-order valence-corrected chi connectivity index (χ2v) is 4.54. The van der Waals surface area contributed by atoms with Crippen molar-refractivity contribution in [2.24, 2.45) is 0 Å². The first-order valence-corrected chi connectivity index (χ1v) is 6.01. The number of hydrogen-bond acceptors (Lipinski definition) is 1. The predicted molar refractivity (Wildman–Crippen MR) is 67.9 cm³/mol. The Morgan fingerprint density at radius 2 is 1.84 bits per heavy atom. The van der Waals surface area contributed by atoms with Crippen molar-refractivity contribution < 1.29 is 17.9 Å². The molecule has 2 atom stereocenters. The summed E-state index contributed by atoms with van der Waals surface area (Å²) in [7, 11) is 1.32. The number of methoxy groups -OCH3 is 1. The van der Waals surface area contributed by atoms with Crippen LogP contribution in [0.3, 0.4) is 0 Å². The zero-order valence-electron chi connectivity index (χ0n) is 10.5. The van der Waals surface area contributed by atoms with Crippen molar-refractivity contribution in [3.8, 4) is 0 Å². The van der Waals surface area contributed by atoms with Gasteiger partial charge in [0.05, 0.1) is 0 Å². The highest BCUT2D eigenvalue weighted by molar-refractivity contribution is 5.32. The Kier molecular flexibility index (Phi) is 3.80. The highest BCUT2D eigenvalue weighted by Gasteiger charge is 2.53. The van der Waals surface area contributed by atoms with E-state index in [1.165, 1.54) is 25.3 Å². The number of benzene rings is 1. The summed E-state index contributed by atoms with van der Waals surface area (Å²) in [5.74, 6) is -1.67. The van der Waals surface area contributed by atoms with Gasteiger partial charge in [-0.1, -0.05) is 54.6 Å². The number of rotatable bonds is 3. The van der Waals surface area contributed by atoms with Gasteiger partial charge in [-0.15, -0.1) is 0 Å². The van der Waals surface area contributed by atoms with E-state index in [9.17, 15) is 13.2 Å². The number of hydrogen-bond donors (Lipinski definition) is 0. The Bertz CT molecular complexity index is 476. The number of halogens is 3. The first-order chi connectivity index (χ1) is 8.99. The molecule has 1 aromatic carbocycles. The molecular weight excluding hydrogens is 253 g/mol. The van der Waals surface area contributed by atoms with Crippen LogP contribution in [-0.4, -0.2) is 18.9 Å². The smallest absolute Gasteiger partial charge is 0.373 e. The van der Waals surface area contributed by atoms with Crippen LogP contribution in [0.4, 0.5) is 13.2 Å². The lowest BCUT2D eigenvalue weighted by Gasteiger charge is -2.39. The monoisotopic (exact) mass is 268 g/mol. The van der Waals surface area contributed by atoms with E-state index < -0.39 is 17.7 Å². The van der Waals surface area contributed by atoms with Gasteiger partial charge in [0.1, 0.15) is 11.5 Å². The topological polar surface area (TPSA) is 9.23 Å². The summed E-state index contributed by atoms with van der Waals surface area (Å²) >= 11 is 0. The molecule has 2 rings (SSSR count). The number of ether oxygens (including phenoxy) is 1. The fourth-order valence-corrected chi connectivity index (χ4v) is 2.49. The molecule has 0 radical (unpaired) electrons. The quantitative estimate of drug-likeness (QED) is 0.797. The molecule has 1 aromatic rings. The van der Waals surface area contributed by atoms with Crippen LogP contribution in [-0.2, 0) is 4.74 Å². The Labute approximate surface area is 110 Å². The molecule has 1 aliphatic carbocycles. The second-order valence-electron chi connectivity index (χ2n) is 4.54. The van der Waals surface area contributed by atoms with Crippen LogP contribution in [0.15, 0.2) is 54.6 Å². The van der Waals surface area contributed by atoms with Crippen molar-refractivity contribution in [2.45, 2.75) is 24.1 Å². The molecule has 0 saturated carbocycles. The summed E-state index contributed by atoms with van der Waals surface area (Å²) < 4.78 is 45.7. The third-order valence-corrected chi connectivity index (χ3v) is 3.39. The predicted octanol–water partition coefficient (Wildman–Crippen LogP) is 4.23. The van der Waals surface area contributed by atoms with Gasteiger partial charge in [-0.3, -0.25) is 0 Å². The van der Waals surface area contributed by atoms with Gasteiger partial charge in [0, 0.05) is 7.11 Å². The van der Waals surface area contributed by atoms with E-state index in [1.54, 1.807) is 36.4 Å². The van der Waals surface area contributed by atoms with Crippen molar-refractivity contribution in [1.29, 1.82) is 0 Å². The van der Waals surface area contributed by atoms with E-state index in [2.05, 4.69) is 0 Å². The molecule has 0 amide bonds. The summed E-state index contributed by atoms with van der Waals surface area (Å²) in [6.07, 6.45) is 2.37. The third-order valence-electron chi connectivity index (χ3n) is 3.39. The minimum Gasteiger partial charge on any atom is -0.373 e. The van der Waals surface area contributed by atoms with Crippen molar-refractivity contribution in [1.82, 2.24) is 0 Å². The Balaban J connectivity index is 2.49. The molecule has 1 nitrogen and oxygen atoms in total. The fraction of sp³-hybridized carbons (Fsp3) is 0.333. The van der Waals surface area contributed by atoms with E-state index in [0.29, 0.717) is 0 Å². The van der Waals surface area contributed by atoms with E-state index in [-0.39, 0.29) is 12.0 Å². The summed E-state index contributed by atoms with van der Waals surface area (Å²) in [5, 5.41) is 0. The summed E-state index contributed by atoms with van der Waals surface area (Å²) in [6, 6.07) is 7.91. The maximum Gasteiger partial charge on any atom is 0.398 e. The van der Waals surface area contributed by atoms with Gasteiger partial charge in [-0.25, -0.2) is 0 Å². The maximum atomic E-state index is 13.5. The van der Waals surface area contributed by atoms with Crippen LogP contribution in [0.25, 0.3) is 0 Å². The van der Waals surface area contributed by atoms with Crippen LogP contribution >= 0.6 is 0 Å². The lowest BCUT2D eigenvalue weighted by Crippen LogP contribution is -2.44. The van der Waals surface area contributed by atoms with Crippen molar-refractivity contribution >= 4 is 0 Å². The van der Waals surface area contributed by atoms with Gasteiger partial charge in [0.2, 0.25) is 0 Å². The maximum absolute atomic E-state index is 13.5. The lowest BCUT2D eigenvalue weighted by atomic mass is 9.77. The molecule has 4 heteroatoms. The molecule has 19 heavy (non-hydrogen) atoms. The second kappa shape index (κ2) is 5.21. The normalized spacial score (nSPS) is 24.4. The standard InChI is InChI=1S/C15H15F3O/c1-19-14(10-6-3-7-11-14)13(15(16,17)18)12-8-4-2-5-9-12/h2-10,13H,11H2,1H3. The zero-order chi connectivity index (χ0) is 13.9. The molecule has 1 aliphatic rings. The molecule has 0 heterocycles. The number of allylic oxidation sites excluding steroid dienone is 2. The lowest BCUT2D eigenvalue weighted by molar-refractivity contribution is -0.192. The van der Waals surface area contributed by atoms with Crippen LogP contribution in [0.5, 0.6) is 0 Å². The fourth-order valence-electron chi connectivity index (χ4n) is 2.49. The molecule has 0 saturated heterocycles. The summed E-state index contributed by atoms with van der Waals surface area (Å²) in [4.78, 5) is 0. The molecule has 2 unspecified atom stereocenters. The van der Waals surface area contributed by atoms with Crippen molar-refractivity contribution in [3.05, 3.63) is 60.2 Å². The van der Waals surface area contributed by atoms with Gasteiger partial charge in [0.25, 0.3) is 0 Å².